The predicted molar refractivity (Wildman–Crippen MR) is 55.9 cm³/mol. The maximum absolute atomic E-state index is 11.6. The maximum atomic E-state index is 11.6. The Kier molecular flexibility index (Phi) is 5.33. The van der Waals surface area contributed by atoms with Gasteiger partial charge in [-0.3, -0.25) is 4.79 Å². The zero-order valence-electron chi connectivity index (χ0n) is 8.32. The second-order valence-corrected chi connectivity index (χ2v) is 3.79. The summed E-state index contributed by atoms with van der Waals surface area (Å²) in [5.41, 5.74) is 5.87. The summed E-state index contributed by atoms with van der Waals surface area (Å²) in [7, 11) is 3.59. The quantitative estimate of drug-likeness (QED) is 0.696. The molecule has 78 valence electrons. The molecular formula is C9H19ClN2O. The van der Waals surface area contributed by atoms with Crippen molar-refractivity contribution in [3.05, 3.63) is 0 Å². The number of nitrogens with zero attached hydrogens (tertiary/aromatic N) is 1. The van der Waals surface area contributed by atoms with E-state index >= 15 is 0 Å². The van der Waals surface area contributed by atoms with Crippen molar-refractivity contribution in [3.63, 3.8) is 0 Å². The van der Waals surface area contributed by atoms with Crippen molar-refractivity contribution >= 4 is 18.3 Å². The van der Waals surface area contributed by atoms with Gasteiger partial charge in [-0.05, 0) is 12.8 Å². The molecule has 0 saturated heterocycles. The van der Waals surface area contributed by atoms with Crippen LogP contribution in [0.2, 0.25) is 0 Å². The molecule has 0 aromatic rings. The van der Waals surface area contributed by atoms with Gasteiger partial charge < -0.3 is 10.6 Å². The largest absolute Gasteiger partial charge is 0.349 e. The van der Waals surface area contributed by atoms with E-state index < -0.39 is 0 Å². The van der Waals surface area contributed by atoms with Crippen molar-refractivity contribution in [1.82, 2.24) is 4.90 Å². The van der Waals surface area contributed by atoms with Gasteiger partial charge in [0.1, 0.15) is 0 Å². The number of rotatable bonds is 1. The molecule has 0 radical (unpaired) electrons. The smallest absolute Gasteiger partial charge is 0.226 e. The molecule has 13 heavy (non-hydrogen) atoms. The van der Waals surface area contributed by atoms with Crippen molar-refractivity contribution in [3.8, 4) is 0 Å². The van der Waals surface area contributed by atoms with Gasteiger partial charge in [0.15, 0.2) is 0 Å². The molecule has 1 saturated carbocycles. The van der Waals surface area contributed by atoms with Gasteiger partial charge in [-0.2, -0.15) is 0 Å². The number of carbonyl (C=O) groups is 1. The van der Waals surface area contributed by atoms with E-state index in [0.717, 1.165) is 19.3 Å². The summed E-state index contributed by atoms with van der Waals surface area (Å²) in [6, 6.07) is 0.0913. The first-order chi connectivity index (χ1) is 5.63. The molecule has 0 bridgehead atoms. The summed E-state index contributed by atoms with van der Waals surface area (Å²) < 4.78 is 0. The Bertz CT molecular complexity index is 173. The Hall–Kier alpha value is -0.280. The minimum absolute atomic E-state index is 0. The van der Waals surface area contributed by atoms with Crippen LogP contribution in [0.25, 0.3) is 0 Å². The Morgan fingerprint density at radius 3 is 2.31 bits per heavy atom. The van der Waals surface area contributed by atoms with Crippen LogP contribution in [-0.4, -0.2) is 30.9 Å². The average Bonchev–Trinajstić information content (AvgIpc) is 2.04. The third kappa shape index (κ3) is 3.16. The van der Waals surface area contributed by atoms with E-state index in [1.807, 2.05) is 0 Å². The highest BCUT2D eigenvalue weighted by Crippen LogP contribution is 2.23. The molecule has 2 atom stereocenters. The van der Waals surface area contributed by atoms with Crippen LogP contribution in [0.4, 0.5) is 0 Å². The zero-order chi connectivity index (χ0) is 9.14. The van der Waals surface area contributed by atoms with E-state index in [9.17, 15) is 4.79 Å². The Morgan fingerprint density at radius 1 is 1.31 bits per heavy atom. The third-order valence-corrected chi connectivity index (χ3v) is 2.58. The molecule has 4 heteroatoms. The standard InChI is InChI=1S/C9H18N2O.ClH/c1-11(2)9(12)7-5-3-4-6-8(7)10;/h7-8H,3-6,10H2,1-2H3;1H. The van der Waals surface area contributed by atoms with E-state index in [2.05, 4.69) is 0 Å². The molecule has 1 fully saturated rings. The topological polar surface area (TPSA) is 46.3 Å². The number of hydrogen-bond acceptors (Lipinski definition) is 2. The predicted octanol–water partition coefficient (Wildman–Crippen LogP) is 1.01. The molecule has 0 aliphatic heterocycles. The number of hydrogen-bond donors (Lipinski definition) is 1. The highest BCUT2D eigenvalue weighted by Gasteiger charge is 2.28. The van der Waals surface area contributed by atoms with Crippen LogP contribution < -0.4 is 5.73 Å². The van der Waals surface area contributed by atoms with E-state index in [4.69, 9.17) is 5.73 Å². The molecule has 1 rings (SSSR count). The molecule has 0 aromatic carbocycles. The highest BCUT2D eigenvalue weighted by atomic mass is 35.5. The summed E-state index contributed by atoms with van der Waals surface area (Å²) in [6.45, 7) is 0. The zero-order valence-corrected chi connectivity index (χ0v) is 9.14. The maximum Gasteiger partial charge on any atom is 0.226 e. The van der Waals surface area contributed by atoms with Crippen molar-refractivity contribution in [2.24, 2.45) is 11.7 Å². The van der Waals surface area contributed by atoms with Gasteiger partial charge in [0.25, 0.3) is 0 Å². The van der Waals surface area contributed by atoms with Crippen LogP contribution in [0.1, 0.15) is 25.7 Å². The highest BCUT2D eigenvalue weighted by molar-refractivity contribution is 5.85. The van der Waals surface area contributed by atoms with Crippen molar-refractivity contribution in [1.29, 1.82) is 0 Å². The Balaban J connectivity index is 0.00000144. The number of amides is 1. The molecule has 2 unspecified atom stereocenters. The van der Waals surface area contributed by atoms with Gasteiger partial charge >= 0.3 is 0 Å². The normalized spacial score (nSPS) is 27.6. The van der Waals surface area contributed by atoms with E-state index in [-0.39, 0.29) is 30.3 Å². The fraction of sp³-hybridized carbons (Fsp3) is 0.889. The van der Waals surface area contributed by atoms with Gasteiger partial charge in [0.05, 0.1) is 5.92 Å². The first-order valence-corrected chi connectivity index (χ1v) is 4.59. The molecule has 2 N–H and O–H groups in total. The molecule has 0 spiro atoms. The van der Waals surface area contributed by atoms with Crippen molar-refractivity contribution in [2.45, 2.75) is 31.7 Å². The number of carbonyl (C=O) groups excluding carboxylic acids is 1. The number of halogens is 1. The minimum Gasteiger partial charge on any atom is -0.349 e. The van der Waals surface area contributed by atoms with Crippen LogP contribution in [0.15, 0.2) is 0 Å². The summed E-state index contributed by atoms with van der Waals surface area (Å²) in [6.07, 6.45) is 4.30. The van der Waals surface area contributed by atoms with Gasteiger partial charge in [0.2, 0.25) is 5.91 Å². The fourth-order valence-corrected chi connectivity index (χ4v) is 1.80. The van der Waals surface area contributed by atoms with Gasteiger partial charge in [-0.25, -0.2) is 0 Å². The minimum atomic E-state index is 0. The fourth-order valence-electron chi connectivity index (χ4n) is 1.80. The monoisotopic (exact) mass is 206 g/mol. The number of nitrogens with two attached hydrogens (primary N) is 1. The molecule has 3 nitrogen and oxygen atoms in total. The Morgan fingerprint density at radius 2 is 1.85 bits per heavy atom. The van der Waals surface area contributed by atoms with Crippen molar-refractivity contribution < 1.29 is 4.79 Å². The average molecular weight is 207 g/mol. The Labute approximate surface area is 86.1 Å². The van der Waals surface area contributed by atoms with Crippen LogP contribution in [0.5, 0.6) is 0 Å². The van der Waals surface area contributed by atoms with Crippen LogP contribution in [0, 0.1) is 5.92 Å². The van der Waals surface area contributed by atoms with Gasteiger partial charge in [-0.15, -0.1) is 12.4 Å². The molecule has 1 aliphatic carbocycles. The third-order valence-electron chi connectivity index (χ3n) is 2.58. The first-order valence-electron chi connectivity index (χ1n) is 4.59. The molecule has 0 heterocycles. The summed E-state index contributed by atoms with van der Waals surface area (Å²) in [5, 5.41) is 0. The lowest BCUT2D eigenvalue weighted by molar-refractivity contribution is -0.134. The van der Waals surface area contributed by atoms with E-state index in [1.165, 1.54) is 6.42 Å². The summed E-state index contributed by atoms with van der Waals surface area (Å²) in [5.74, 6) is 0.274. The van der Waals surface area contributed by atoms with E-state index in [1.54, 1.807) is 19.0 Å². The lowest BCUT2D eigenvalue weighted by atomic mass is 9.84. The molecular weight excluding hydrogens is 188 g/mol. The van der Waals surface area contributed by atoms with Crippen LogP contribution in [0.3, 0.4) is 0 Å². The first kappa shape index (κ1) is 12.7. The SMILES string of the molecule is CN(C)C(=O)C1CCCCC1N.Cl. The second kappa shape index (κ2) is 5.45. The second-order valence-electron chi connectivity index (χ2n) is 3.79. The van der Waals surface area contributed by atoms with Gasteiger partial charge in [0, 0.05) is 20.1 Å². The summed E-state index contributed by atoms with van der Waals surface area (Å²) >= 11 is 0. The van der Waals surface area contributed by atoms with Crippen LogP contribution in [-0.2, 0) is 4.79 Å². The van der Waals surface area contributed by atoms with Crippen LogP contribution >= 0.6 is 12.4 Å². The summed E-state index contributed by atoms with van der Waals surface area (Å²) in [4.78, 5) is 13.2. The lowest BCUT2D eigenvalue weighted by Gasteiger charge is -2.29. The molecule has 1 amide bonds. The lowest BCUT2D eigenvalue weighted by Crippen LogP contribution is -2.43. The van der Waals surface area contributed by atoms with Gasteiger partial charge in [-0.1, -0.05) is 12.8 Å². The molecule has 1 aliphatic rings. The van der Waals surface area contributed by atoms with E-state index in [0.29, 0.717) is 0 Å². The van der Waals surface area contributed by atoms with Crippen molar-refractivity contribution in [2.75, 3.05) is 14.1 Å². The molecule has 0 aromatic heterocycles.